The van der Waals surface area contributed by atoms with Gasteiger partial charge >= 0.3 is 0 Å². The first-order valence-corrected chi connectivity index (χ1v) is 10.6. The summed E-state index contributed by atoms with van der Waals surface area (Å²) >= 11 is 0. The van der Waals surface area contributed by atoms with Gasteiger partial charge in [-0.2, -0.15) is 4.73 Å². The van der Waals surface area contributed by atoms with E-state index in [9.17, 15) is 4.79 Å². The summed E-state index contributed by atoms with van der Waals surface area (Å²) in [6.45, 7) is 7.71. The van der Waals surface area contributed by atoms with E-state index >= 15 is 0 Å². The smallest absolute Gasteiger partial charge is 0.150 e. The molecule has 0 radical (unpaired) electrons. The number of aldehydes is 1. The molecule has 4 nitrogen and oxygen atoms in total. The maximum Gasteiger partial charge on any atom is 0.150 e. The number of carbonyl (C=O) groups is 1. The van der Waals surface area contributed by atoms with E-state index < -0.39 is 8.07 Å². The van der Waals surface area contributed by atoms with E-state index in [0.717, 1.165) is 29.3 Å². The lowest BCUT2D eigenvalue weighted by molar-refractivity contribution is 0.112. The van der Waals surface area contributed by atoms with Crippen molar-refractivity contribution in [2.45, 2.75) is 26.2 Å². The summed E-state index contributed by atoms with van der Waals surface area (Å²) in [5, 5.41) is 2.28. The van der Waals surface area contributed by atoms with Gasteiger partial charge in [0.05, 0.1) is 5.52 Å². The molecule has 1 heterocycles. The minimum Gasteiger partial charge on any atom is -0.417 e. The van der Waals surface area contributed by atoms with Gasteiger partial charge in [0.25, 0.3) is 0 Å². The summed E-state index contributed by atoms with van der Waals surface area (Å²) in [7, 11) is 4.16. The molecule has 0 aliphatic heterocycles. The molecule has 2 rings (SSSR count). The number of rotatable bonds is 5. The van der Waals surface area contributed by atoms with Gasteiger partial charge < -0.3 is 9.74 Å². The number of carbonyl (C=O) groups excluding carboxylic acids is 1. The average Bonchev–Trinajstić information content (AvgIpc) is 2.71. The highest BCUT2D eigenvalue weighted by Gasteiger charge is 2.30. The van der Waals surface area contributed by atoms with Crippen molar-refractivity contribution in [3.63, 3.8) is 0 Å². The van der Waals surface area contributed by atoms with Gasteiger partial charge in [0.2, 0.25) is 0 Å². The fourth-order valence-corrected chi connectivity index (χ4v) is 4.86. The molecule has 0 saturated carbocycles. The van der Waals surface area contributed by atoms with Gasteiger partial charge in [0.1, 0.15) is 15.2 Å². The van der Waals surface area contributed by atoms with Crippen molar-refractivity contribution in [3.05, 3.63) is 29.3 Å². The van der Waals surface area contributed by atoms with Gasteiger partial charge in [-0.3, -0.25) is 4.79 Å². The second-order valence-corrected chi connectivity index (χ2v) is 11.6. The minimum absolute atomic E-state index is 0.736. The Labute approximate surface area is 127 Å². The first-order chi connectivity index (χ1) is 9.81. The summed E-state index contributed by atoms with van der Waals surface area (Å²) in [5.41, 5.74) is 2.94. The lowest BCUT2D eigenvalue weighted by Gasteiger charge is -2.22. The molecule has 0 saturated heterocycles. The Hall–Kier alpha value is -1.59. The lowest BCUT2D eigenvalue weighted by atomic mass is 10.1. The molecule has 2 aromatic rings. The van der Waals surface area contributed by atoms with E-state index in [1.807, 2.05) is 37.0 Å². The van der Waals surface area contributed by atoms with Crippen LogP contribution in [0.1, 0.15) is 15.9 Å². The molecule has 21 heavy (non-hydrogen) atoms. The van der Waals surface area contributed by atoms with Gasteiger partial charge in [-0.15, -0.1) is 0 Å². The van der Waals surface area contributed by atoms with Gasteiger partial charge in [-0.05, 0) is 25.7 Å². The highest BCUT2D eigenvalue weighted by atomic mass is 28.3. The molecule has 0 aliphatic carbocycles. The Balaban J connectivity index is 2.94. The zero-order chi connectivity index (χ0) is 15.8. The van der Waals surface area contributed by atoms with Crippen LogP contribution in [-0.4, -0.2) is 45.2 Å². The normalized spacial score (nSPS) is 12.1. The van der Waals surface area contributed by atoms with Crippen molar-refractivity contribution in [2.24, 2.45) is 0 Å². The zero-order valence-electron chi connectivity index (χ0n) is 13.7. The van der Waals surface area contributed by atoms with Crippen LogP contribution in [0.3, 0.4) is 0 Å². The molecule has 0 unspecified atom stereocenters. The molecule has 5 heteroatoms. The van der Waals surface area contributed by atoms with E-state index in [1.165, 1.54) is 10.9 Å². The maximum atomic E-state index is 11.5. The van der Waals surface area contributed by atoms with E-state index in [0.29, 0.717) is 0 Å². The fourth-order valence-electron chi connectivity index (χ4n) is 2.93. The Morgan fingerprint density at radius 1 is 1.29 bits per heavy atom. The standard InChI is InChI=1S/C16H24N2O2Si/c1-17(2)10-13-15-12(11-19)8-7-9-14(15)18(20-3)16(13)21(4,5)6/h7-9,11H,10H2,1-6H3. The Kier molecular flexibility index (Phi) is 4.25. The number of hydrogen-bond acceptors (Lipinski definition) is 3. The highest BCUT2D eigenvalue weighted by molar-refractivity contribution is 6.88. The molecule has 0 fully saturated rings. The molecule has 0 bridgehead atoms. The predicted molar refractivity (Wildman–Crippen MR) is 90.2 cm³/mol. The Morgan fingerprint density at radius 3 is 2.43 bits per heavy atom. The monoisotopic (exact) mass is 304 g/mol. The highest BCUT2D eigenvalue weighted by Crippen LogP contribution is 2.26. The summed E-state index contributed by atoms with van der Waals surface area (Å²) in [4.78, 5) is 19.3. The third-order valence-electron chi connectivity index (χ3n) is 3.58. The first kappa shape index (κ1) is 15.8. The maximum absolute atomic E-state index is 11.5. The van der Waals surface area contributed by atoms with Crippen LogP contribution in [0.25, 0.3) is 10.9 Å². The number of aromatic nitrogens is 1. The molecular weight excluding hydrogens is 280 g/mol. The second kappa shape index (κ2) is 5.65. The van der Waals surface area contributed by atoms with Crippen LogP contribution in [0.2, 0.25) is 19.6 Å². The van der Waals surface area contributed by atoms with E-state index in [1.54, 1.807) is 7.11 Å². The molecule has 0 amide bonds. The largest absolute Gasteiger partial charge is 0.417 e. The molecule has 0 N–H and O–H groups in total. The van der Waals surface area contributed by atoms with Crippen LogP contribution < -0.4 is 10.2 Å². The molecule has 1 aromatic carbocycles. The van der Waals surface area contributed by atoms with Crippen LogP contribution in [0.4, 0.5) is 0 Å². The average molecular weight is 304 g/mol. The quantitative estimate of drug-likeness (QED) is 0.627. The van der Waals surface area contributed by atoms with E-state index in [-0.39, 0.29) is 0 Å². The van der Waals surface area contributed by atoms with Gasteiger partial charge in [-0.25, -0.2) is 0 Å². The van der Waals surface area contributed by atoms with E-state index in [4.69, 9.17) is 4.84 Å². The summed E-state index contributed by atoms with van der Waals surface area (Å²) < 4.78 is 1.92. The fraction of sp³-hybridized carbons (Fsp3) is 0.438. The lowest BCUT2D eigenvalue weighted by Crippen LogP contribution is -2.46. The molecule has 114 valence electrons. The molecule has 0 spiro atoms. The van der Waals surface area contributed by atoms with Gasteiger partial charge in [-0.1, -0.05) is 31.8 Å². The van der Waals surface area contributed by atoms with Crippen molar-refractivity contribution in [1.82, 2.24) is 9.63 Å². The van der Waals surface area contributed by atoms with Crippen LogP contribution in [0.15, 0.2) is 18.2 Å². The molecule has 0 atom stereocenters. The molecule has 0 aliphatic rings. The van der Waals surface area contributed by atoms with Crippen LogP contribution >= 0.6 is 0 Å². The van der Waals surface area contributed by atoms with Crippen molar-refractivity contribution >= 4 is 30.6 Å². The van der Waals surface area contributed by atoms with Crippen molar-refractivity contribution < 1.29 is 9.63 Å². The van der Waals surface area contributed by atoms with Crippen LogP contribution in [0.5, 0.6) is 0 Å². The van der Waals surface area contributed by atoms with Crippen molar-refractivity contribution in [3.8, 4) is 0 Å². The summed E-state index contributed by atoms with van der Waals surface area (Å²) in [5.74, 6) is 0. The number of benzene rings is 1. The minimum atomic E-state index is -1.63. The molecular formula is C16H24N2O2Si. The van der Waals surface area contributed by atoms with E-state index in [2.05, 4.69) is 24.5 Å². The van der Waals surface area contributed by atoms with Gasteiger partial charge in [0.15, 0.2) is 6.29 Å². The third-order valence-corrected chi connectivity index (χ3v) is 5.50. The topological polar surface area (TPSA) is 34.5 Å². The molecule has 1 aromatic heterocycles. The number of hydrogen-bond donors (Lipinski definition) is 0. The van der Waals surface area contributed by atoms with Crippen LogP contribution in [0, 0.1) is 0 Å². The SMILES string of the molecule is COn1c([Si](C)(C)C)c(CN(C)C)c2c(C=O)cccc21. The van der Waals surface area contributed by atoms with Crippen LogP contribution in [-0.2, 0) is 6.54 Å². The first-order valence-electron chi connectivity index (χ1n) is 7.12. The third kappa shape index (κ3) is 2.76. The second-order valence-electron chi connectivity index (χ2n) is 6.65. The Bertz CT molecular complexity index is 669. The summed E-state index contributed by atoms with van der Waals surface area (Å²) in [6.07, 6.45) is 0.940. The predicted octanol–water partition coefficient (Wildman–Crippen LogP) is 2.12. The summed E-state index contributed by atoms with van der Waals surface area (Å²) in [6, 6.07) is 5.81. The zero-order valence-corrected chi connectivity index (χ0v) is 14.7. The number of fused-ring (bicyclic) bond motifs is 1. The van der Waals surface area contributed by atoms with Crippen molar-refractivity contribution in [1.29, 1.82) is 0 Å². The van der Waals surface area contributed by atoms with Gasteiger partial charge in [0, 0.05) is 22.8 Å². The van der Waals surface area contributed by atoms with Crippen molar-refractivity contribution in [2.75, 3.05) is 21.2 Å². The Morgan fingerprint density at radius 2 is 1.95 bits per heavy atom. The number of nitrogens with zero attached hydrogens (tertiary/aromatic N) is 2.